The van der Waals surface area contributed by atoms with Crippen LogP contribution in [-0.4, -0.2) is 22.5 Å². The summed E-state index contributed by atoms with van der Waals surface area (Å²) in [6.07, 6.45) is 1.25. The van der Waals surface area contributed by atoms with Crippen molar-refractivity contribution in [3.05, 3.63) is 32.6 Å². The van der Waals surface area contributed by atoms with Crippen LogP contribution in [0.2, 0.25) is 0 Å². The van der Waals surface area contributed by atoms with E-state index in [2.05, 4.69) is 5.32 Å². The first-order valence-corrected chi connectivity index (χ1v) is 4.53. The summed E-state index contributed by atoms with van der Waals surface area (Å²) in [5, 5.41) is 11.0. The van der Waals surface area contributed by atoms with Crippen LogP contribution in [0.4, 0.5) is 0 Å². The number of rotatable bonds is 3. The molecule has 0 saturated heterocycles. The van der Waals surface area contributed by atoms with Crippen LogP contribution in [0.1, 0.15) is 12.0 Å². The van der Waals surface area contributed by atoms with Crippen molar-refractivity contribution < 1.29 is 4.79 Å². The fourth-order valence-electron chi connectivity index (χ4n) is 1.10. The molecule has 0 spiro atoms. The molecular weight excluding hydrogens is 212 g/mol. The van der Waals surface area contributed by atoms with E-state index in [4.69, 9.17) is 5.26 Å². The van der Waals surface area contributed by atoms with E-state index in [1.165, 1.54) is 7.05 Å². The van der Waals surface area contributed by atoms with Crippen molar-refractivity contribution in [3.8, 4) is 6.07 Å². The van der Waals surface area contributed by atoms with Gasteiger partial charge in [-0.15, -0.1) is 0 Å². The largest absolute Gasteiger partial charge is 0.359 e. The number of nitrogens with one attached hydrogen (secondary N) is 2. The zero-order chi connectivity index (χ0) is 12.1. The highest BCUT2D eigenvalue weighted by molar-refractivity contribution is 5.75. The Balaban J connectivity index is 2.98. The number of hydrogen-bond donors (Lipinski definition) is 2. The van der Waals surface area contributed by atoms with Gasteiger partial charge >= 0.3 is 5.69 Å². The summed E-state index contributed by atoms with van der Waals surface area (Å²) >= 11 is 0. The Kier molecular flexibility index (Phi) is 3.61. The molecule has 0 unspecified atom stereocenters. The molecule has 1 amide bonds. The maximum Gasteiger partial charge on any atom is 0.328 e. The highest BCUT2D eigenvalue weighted by atomic mass is 16.2. The number of amides is 1. The van der Waals surface area contributed by atoms with Gasteiger partial charge in [-0.25, -0.2) is 4.79 Å². The van der Waals surface area contributed by atoms with Gasteiger partial charge in [-0.05, 0) is 0 Å². The highest BCUT2D eigenvalue weighted by Gasteiger charge is 2.05. The minimum Gasteiger partial charge on any atom is -0.359 e. The van der Waals surface area contributed by atoms with E-state index in [1.54, 1.807) is 6.07 Å². The topological polar surface area (TPSA) is 108 Å². The molecule has 1 aromatic rings. The average Bonchev–Trinajstić information content (AvgIpc) is 2.27. The lowest BCUT2D eigenvalue weighted by Crippen LogP contribution is -2.32. The summed E-state index contributed by atoms with van der Waals surface area (Å²) in [6, 6.07) is 1.66. The van der Waals surface area contributed by atoms with Crippen molar-refractivity contribution >= 4 is 5.91 Å². The molecule has 16 heavy (non-hydrogen) atoms. The SMILES string of the molecule is CNC(=O)CCn1cc(C#N)c(=O)[nH]c1=O. The lowest BCUT2D eigenvalue weighted by atomic mass is 10.3. The Morgan fingerprint density at radius 3 is 2.88 bits per heavy atom. The standard InChI is InChI=1S/C9H10N4O3/c1-11-7(14)2-3-13-5-6(4-10)8(15)12-9(13)16/h5H,2-3H2,1H3,(H,11,14)(H,12,15,16). The summed E-state index contributed by atoms with van der Waals surface area (Å²) in [4.78, 5) is 35.3. The molecule has 0 fully saturated rings. The van der Waals surface area contributed by atoms with E-state index in [-0.39, 0.29) is 24.4 Å². The zero-order valence-corrected chi connectivity index (χ0v) is 8.61. The molecule has 0 bridgehead atoms. The minimum absolute atomic E-state index is 0.104. The monoisotopic (exact) mass is 222 g/mol. The number of nitriles is 1. The Labute approximate surface area is 90.3 Å². The number of H-pyrrole nitrogens is 1. The van der Waals surface area contributed by atoms with Crippen molar-refractivity contribution in [1.29, 1.82) is 5.26 Å². The number of nitrogens with zero attached hydrogens (tertiary/aromatic N) is 2. The number of carbonyl (C=O) groups is 1. The number of aromatic amines is 1. The second kappa shape index (κ2) is 4.93. The first-order valence-electron chi connectivity index (χ1n) is 4.53. The van der Waals surface area contributed by atoms with Gasteiger partial charge in [0.25, 0.3) is 5.56 Å². The molecule has 0 aliphatic carbocycles. The third kappa shape index (κ3) is 2.57. The summed E-state index contributed by atoms with van der Waals surface area (Å²) < 4.78 is 1.12. The van der Waals surface area contributed by atoms with E-state index in [0.717, 1.165) is 10.8 Å². The molecule has 1 rings (SSSR count). The van der Waals surface area contributed by atoms with Gasteiger partial charge in [-0.1, -0.05) is 0 Å². The van der Waals surface area contributed by atoms with Gasteiger partial charge in [-0.2, -0.15) is 5.26 Å². The summed E-state index contributed by atoms with van der Waals surface area (Å²) in [5.74, 6) is -0.225. The van der Waals surface area contributed by atoms with Gasteiger partial charge in [0.15, 0.2) is 0 Å². The predicted molar refractivity (Wildman–Crippen MR) is 54.7 cm³/mol. The Morgan fingerprint density at radius 2 is 2.31 bits per heavy atom. The molecule has 0 aliphatic rings. The average molecular weight is 222 g/mol. The fourth-order valence-corrected chi connectivity index (χ4v) is 1.10. The fraction of sp³-hybridized carbons (Fsp3) is 0.333. The first kappa shape index (κ1) is 11.7. The van der Waals surface area contributed by atoms with Crippen LogP contribution in [0.25, 0.3) is 0 Å². The third-order valence-electron chi connectivity index (χ3n) is 1.99. The summed E-state index contributed by atoms with van der Waals surface area (Å²) in [5.41, 5.74) is -1.51. The van der Waals surface area contributed by atoms with Gasteiger partial charge in [-0.3, -0.25) is 19.1 Å². The number of aryl methyl sites for hydroxylation is 1. The number of carbonyl (C=O) groups excluding carboxylic acids is 1. The molecule has 0 saturated carbocycles. The molecule has 2 N–H and O–H groups in total. The lowest BCUT2D eigenvalue weighted by molar-refractivity contribution is -0.120. The van der Waals surface area contributed by atoms with Crippen molar-refractivity contribution in [1.82, 2.24) is 14.9 Å². The molecule has 1 aromatic heterocycles. The second-order valence-electron chi connectivity index (χ2n) is 3.03. The lowest BCUT2D eigenvalue weighted by Gasteiger charge is -2.03. The molecule has 7 nitrogen and oxygen atoms in total. The molecule has 0 atom stereocenters. The number of aromatic nitrogens is 2. The van der Waals surface area contributed by atoms with Crippen LogP contribution in [0.15, 0.2) is 15.8 Å². The van der Waals surface area contributed by atoms with Crippen molar-refractivity contribution in [2.75, 3.05) is 7.05 Å². The predicted octanol–water partition coefficient (Wildman–Crippen LogP) is -1.46. The van der Waals surface area contributed by atoms with Gasteiger partial charge < -0.3 is 5.32 Å². The molecule has 84 valence electrons. The van der Waals surface area contributed by atoms with Crippen LogP contribution in [0, 0.1) is 11.3 Å². The van der Waals surface area contributed by atoms with Crippen LogP contribution in [-0.2, 0) is 11.3 Å². The maximum atomic E-state index is 11.3. The molecule has 0 aromatic carbocycles. The van der Waals surface area contributed by atoms with Crippen LogP contribution < -0.4 is 16.6 Å². The molecule has 1 heterocycles. The van der Waals surface area contributed by atoms with Crippen LogP contribution in [0.3, 0.4) is 0 Å². The molecule has 0 radical (unpaired) electrons. The van der Waals surface area contributed by atoms with Crippen molar-refractivity contribution in [2.45, 2.75) is 13.0 Å². The normalized spacial score (nSPS) is 9.50. The maximum absolute atomic E-state index is 11.3. The quantitative estimate of drug-likeness (QED) is 0.651. The van der Waals surface area contributed by atoms with E-state index in [9.17, 15) is 14.4 Å². The minimum atomic E-state index is -0.719. The summed E-state index contributed by atoms with van der Waals surface area (Å²) in [6.45, 7) is 0.115. The molecule has 7 heteroatoms. The third-order valence-corrected chi connectivity index (χ3v) is 1.99. The van der Waals surface area contributed by atoms with E-state index >= 15 is 0 Å². The van der Waals surface area contributed by atoms with Crippen molar-refractivity contribution in [2.24, 2.45) is 0 Å². The molecule has 0 aliphatic heterocycles. The smallest absolute Gasteiger partial charge is 0.328 e. The van der Waals surface area contributed by atoms with E-state index < -0.39 is 11.2 Å². The summed E-state index contributed by atoms with van der Waals surface area (Å²) in [7, 11) is 1.48. The Morgan fingerprint density at radius 1 is 1.62 bits per heavy atom. The highest BCUT2D eigenvalue weighted by Crippen LogP contribution is 1.88. The van der Waals surface area contributed by atoms with Crippen molar-refractivity contribution in [3.63, 3.8) is 0 Å². The Bertz CT molecular complexity index is 549. The van der Waals surface area contributed by atoms with Crippen LogP contribution in [0.5, 0.6) is 0 Å². The zero-order valence-electron chi connectivity index (χ0n) is 8.61. The van der Waals surface area contributed by atoms with Crippen LogP contribution >= 0.6 is 0 Å². The van der Waals surface area contributed by atoms with E-state index in [0.29, 0.717) is 0 Å². The van der Waals surface area contributed by atoms with Gasteiger partial charge in [0.2, 0.25) is 5.91 Å². The first-order chi connectivity index (χ1) is 7.58. The van der Waals surface area contributed by atoms with Gasteiger partial charge in [0, 0.05) is 26.2 Å². The number of hydrogen-bond acceptors (Lipinski definition) is 4. The Hall–Kier alpha value is -2.36. The van der Waals surface area contributed by atoms with Gasteiger partial charge in [0.1, 0.15) is 11.6 Å². The second-order valence-corrected chi connectivity index (χ2v) is 3.03. The van der Waals surface area contributed by atoms with E-state index in [1.807, 2.05) is 4.98 Å². The van der Waals surface area contributed by atoms with Gasteiger partial charge in [0.05, 0.1) is 0 Å². The molecular formula is C9H10N4O3.